The van der Waals surface area contributed by atoms with Gasteiger partial charge in [-0.3, -0.25) is 19.6 Å². The van der Waals surface area contributed by atoms with Gasteiger partial charge in [0.05, 0.1) is 6.42 Å². The Morgan fingerprint density at radius 3 is 1.93 bits per heavy atom. The van der Waals surface area contributed by atoms with E-state index in [1.807, 2.05) is 68.4 Å². The van der Waals surface area contributed by atoms with Crippen LogP contribution in [0.5, 0.6) is 0 Å². The van der Waals surface area contributed by atoms with Gasteiger partial charge in [-0.1, -0.05) is 98.8 Å². The number of carboxylic acid groups (broad SMARTS) is 1. The molecule has 0 heterocycles. The molecule has 0 saturated carbocycles. The average molecular weight is 558 g/mol. The summed E-state index contributed by atoms with van der Waals surface area (Å²) in [6.07, 6.45) is 1.35. The molecule has 0 aliphatic carbocycles. The summed E-state index contributed by atoms with van der Waals surface area (Å²) >= 11 is 0. The van der Waals surface area contributed by atoms with Crippen molar-refractivity contribution in [2.24, 2.45) is 5.92 Å². The van der Waals surface area contributed by atoms with Crippen molar-refractivity contribution in [3.63, 3.8) is 0 Å². The van der Waals surface area contributed by atoms with E-state index in [9.17, 15) is 24.3 Å². The Morgan fingerprint density at radius 1 is 0.780 bits per heavy atom. The van der Waals surface area contributed by atoms with Crippen LogP contribution in [0.1, 0.15) is 37.8 Å². The molecule has 0 fully saturated rings. The second kappa shape index (κ2) is 15.1. The Labute approximate surface area is 239 Å². The van der Waals surface area contributed by atoms with Crippen LogP contribution in [-0.4, -0.2) is 46.1 Å². The largest absolute Gasteiger partial charge is 0.480 e. The molecule has 0 radical (unpaired) electrons. The summed E-state index contributed by atoms with van der Waals surface area (Å²) in [6.45, 7) is 3.74. The molecule has 0 aliphatic rings. The Morgan fingerprint density at radius 2 is 1.37 bits per heavy atom. The highest BCUT2D eigenvalue weighted by molar-refractivity contribution is 6.04. The van der Waals surface area contributed by atoms with Crippen molar-refractivity contribution < 1.29 is 29.5 Å². The average Bonchev–Trinajstić information content (AvgIpc) is 2.97. The molecule has 0 saturated heterocycles. The van der Waals surface area contributed by atoms with E-state index in [2.05, 4.69) is 10.6 Å². The Bertz CT molecular complexity index is 1360. The molecule has 0 bridgehead atoms. The predicted molar refractivity (Wildman–Crippen MR) is 155 cm³/mol. The molecule has 0 aliphatic heterocycles. The number of hydrogen-bond donors (Lipinski definition) is 5. The number of carboxylic acids is 1. The molecule has 0 spiro atoms. The SMILES string of the molecule is CC(C)C[C@H](NC(=O)/C(=C/c1ccccc1)CC(=O)NO)C(=O)N[C@@H](Cc1ccc(-c2ccccc2)cc1)C(=O)O. The van der Waals surface area contributed by atoms with E-state index in [0.29, 0.717) is 5.56 Å². The van der Waals surface area contributed by atoms with Gasteiger partial charge in [0.25, 0.3) is 0 Å². The third-order valence-corrected chi connectivity index (χ3v) is 6.35. The second-order valence-electron chi connectivity index (χ2n) is 10.1. The number of hydrogen-bond acceptors (Lipinski definition) is 5. The molecule has 214 valence electrons. The first-order valence-corrected chi connectivity index (χ1v) is 13.3. The summed E-state index contributed by atoms with van der Waals surface area (Å²) < 4.78 is 0. The van der Waals surface area contributed by atoms with E-state index in [-0.39, 0.29) is 24.3 Å². The number of benzene rings is 3. The van der Waals surface area contributed by atoms with E-state index in [4.69, 9.17) is 5.21 Å². The normalized spacial score (nSPS) is 12.7. The first-order chi connectivity index (χ1) is 19.7. The Kier molecular flexibility index (Phi) is 11.4. The van der Waals surface area contributed by atoms with Crippen LogP contribution >= 0.6 is 0 Å². The molecule has 3 aromatic rings. The van der Waals surface area contributed by atoms with Gasteiger partial charge in [-0.15, -0.1) is 0 Å². The highest BCUT2D eigenvalue weighted by Crippen LogP contribution is 2.20. The van der Waals surface area contributed by atoms with Crippen LogP contribution in [0.3, 0.4) is 0 Å². The van der Waals surface area contributed by atoms with Gasteiger partial charge in [-0.2, -0.15) is 0 Å². The maximum Gasteiger partial charge on any atom is 0.326 e. The number of carbonyl (C=O) groups is 4. The minimum absolute atomic E-state index is 0.0119. The van der Waals surface area contributed by atoms with E-state index in [0.717, 1.165) is 16.7 Å². The number of amides is 3. The van der Waals surface area contributed by atoms with Crippen molar-refractivity contribution in [1.82, 2.24) is 16.1 Å². The van der Waals surface area contributed by atoms with E-state index < -0.39 is 42.2 Å². The fraction of sp³-hybridized carbons (Fsp3) is 0.250. The van der Waals surface area contributed by atoms with Crippen molar-refractivity contribution in [3.05, 3.63) is 102 Å². The van der Waals surface area contributed by atoms with Crippen LogP contribution in [-0.2, 0) is 25.6 Å². The zero-order valence-electron chi connectivity index (χ0n) is 23.0. The lowest BCUT2D eigenvalue weighted by molar-refractivity contribution is -0.142. The molecular weight excluding hydrogens is 522 g/mol. The molecule has 2 atom stereocenters. The van der Waals surface area contributed by atoms with Crippen LogP contribution in [0, 0.1) is 5.92 Å². The minimum atomic E-state index is -1.23. The summed E-state index contributed by atoms with van der Waals surface area (Å²) in [5, 5.41) is 24.1. The topological polar surface area (TPSA) is 145 Å². The van der Waals surface area contributed by atoms with Gasteiger partial charge < -0.3 is 15.7 Å². The summed E-state index contributed by atoms with van der Waals surface area (Å²) in [5.74, 6) is -3.34. The molecule has 3 amide bonds. The lowest BCUT2D eigenvalue weighted by Gasteiger charge is -2.23. The first-order valence-electron chi connectivity index (χ1n) is 13.3. The van der Waals surface area contributed by atoms with Gasteiger partial charge in [0.2, 0.25) is 17.7 Å². The molecule has 5 N–H and O–H groups in total. The number of aliphatic carboxylic acids is 1. The fourth-order valence-electron chi connectivity index (χ4n) is 4.29. The third kappa shape index (κ3) is 9.74. The molecule has 9 nitrogen and oxygen atoms in total. The van der Waals surface area contributed by atoms with Crippen LogP contribution in [0.25, 0.3) is 17.2 Å². The van der Waals surface area contributed by atoms with Crippen LogP contribution < -0.4 is 16.1 Å². The lowest BCUT2D eigenvalue weighted by atomic mass is 9.99. The molecular formula is C32H35N3O6. The standard InChI is InChI=1S/C32H35N3O6/c1-21(2)17-27(33-30(37)26(20-29(36)35-41)18-22-9-5-3-6-10-22)31(38)34-28(32(39)40)19-23-13-15-25(16-14-23)24-11-7-4-8-12-24/h3-16,18,21,27-28,41H,17,19-20H2,1-2H3,(H,33,37)(H,34,38)(H,35,36)(H,39,40)/b26-18+/t27-,28-/m0/s1. The highest BCUT2D eigenvalue weighted by Gasteiger charge is 2.28. The smallest absolute Gasteiger partial charge is 0.326 e. The van der Waals surface area contributed by atoms with Crippen molar-refractivity contribution in [2.45, 2.75) is 45.2 Å². The number of nitrogens with one attached hydrogen (secondary N) is 3. The summed E-state index contributed by atoms with van der Waals surface area (Å²) in [7, 11) is 0. The highest BCUT2D eigenvalue weighted by atomic mass is 16.5. The van der Waals surface area contributed by atoms with Crippen molar-refractivity contribution in [3.8, 4) is 11.1 Å². The van der Waals surface area contributed by atoms with Gasteiger partial charge in [0.15, 0.2) is 0 Å². The number of rotatable bonds is 13. The maximum absolute atomic E-state index is 13.3. The molecule has 3 aromatic carbocycles. The first kappa shape index (κ1) is 30.8. The fourth-order valence-corrected chi connectivity index (χ4v) is 4.29. The summed E-state index contributed by atoms with van der Waals surface area (Å²) in [4.78, 5) is 50.5. The van der Waals surface area contributed by atoms with Gasteiger partial charge >= 0.3 is 5.97 Å². The van der Waals surface area contributed by atoms with E-state index >= 15 is 0 Å². The van der Waals surface area contributed by atoms with Crippen LogP contribution in [0.2, 0.25) is 0 Å². The van der Waals surface area contributed by atoms with E-state index in [1.54, 1.807) is 30.3 Å². The van der Waals surface area contributed by atoms with E-state index in [1.165, 1.54) is 11.6 Å². The Hall–Kier alpha value is -4.76. The van der Waals surface area contributed by atoms with Gasteiger partial charge in [0, 0.05) is 12.0 Å². The van der Waals surface area contributed by atoms with Crippen molar-refractivity contribution >= 4 is 29.8 Å². The summed E-state index contributed by atoms with van der Waals surface area (Å²) in [6, 6.07) is 23.8. The molecule has 9 heteroatoms. The maximum atomic E-state index is 13.3. The Balaban J connectivity index is 1.75. The second-order valence-corrected chi connectivity index (χ2v) is 10.1. The van der Waals surface area contributed by atoms with Gasteiger partial charge in [-0.05, 0) is 40.7 Å². The van der Waals surface area contributed by atoms with Gasteiger partial charge in [0.1, 0.15) is 12.1 Å². The number of carbonyl (C=O) groups excluding carboxylic acids is 3. The zero-order chi connectivity index (χ0) is 29.8. The van der Waals surface area contributed by atoms with Crippen molar-refractivity contribution in [1.29, 1.82) is 0 Å². The zero-order valence-corrected chi connectivity index (χ0v) is 23.0. The summed E-state index contributed by atoms with van der Waals surface area (Å²) in [5.41, 5.74) is 4.94. The number of hydroxylamine groups is 1. The van der Waals surface area contributed by atoms with Crippen LogP contribution in [0.4, 0.5) is 0 Å². The van der Waals surface area contributed by atoms with Gasteiger partial charge in [-0.25, -0.2) is 10.3 Å². The van der Waals surface area contributed by atoms with Crippen molar-refractivity contribution in [2.75, 3.05) is 0 Å². The molecule has 0 aromatic heterocycles. The predicted octanol–water partition coefficient (Wildman–Crippen LogP) is 3.98. The van der Waals surface area contributed by atoms with Crippen LogP contribution in [0.15, 0.2) is 90.5 Å². The third-order valence-electron chi connectivity index (χ3n) is 6.35. The molecule has 41 heavy (non-hydrogen) atoms. The molecule has 0 unspecified atom stereocenters. The lowest BCUT2D eigenvalue weighted by Crippen LogP contribution is -2.53. The minimum Gasteiger partial charge on any atom is -0.480 e. The molecule has 3 rings (SSSR count). The quantitative estimate of drug-likeness (QED) is 0.122. The monoisotopic (exact) mass is 557 g/mol.